The molecular formula is C24H31NO5. The quantitative estimate of drug-likeness (QED) is 0.668. The minimum absolute atomic E-state index is 0.0707. The molecule has 0 aromatic heterocycles. The summed E-state index contributed by atoms with van der Waals surface area (Å²) in [5.74, 6) is 0.401. The van der Waals surface area contributed by atoms with Gasteiger partial charge in [0.15, 0.2) is 17.3 Å². The lowest BCUT2D eigenvalue weighted by molar-refractivity contribution is -0.143. The molecule has 6 heteroatoms. The van der Waals surface area contributed by atoms with E-state index in [0.29, 0.717) is 35.7 Å². The molecule has 1 aromatic rings. The third-order valence-electron chi connectivity index (χ3n) is 5.32. The second-order valence-electron chi connectivity index (χ2n) is 7.98. The highest BCUT2D eigenvalue weighted by atomic mass is 16.5. The molecule has 6 nitrogen and oxygen atoms in total. The van der Waals surface area contributed by atoms with Gasteiger partial charge in [-0.25, -0.2) is 4.79 Å². The Labute approximate surface area is 178 Å². The number of carbonyl (C=O) groups is 2. The van der Waals surface area contributed by atoms with Crippen molar-refractivity contribution in [3.63, 3.8) is 0 Å². The number of ether oxygens (including phenoxy) is 3. The number of carbonyl (C=O) groups excluding carboxylic acids is 2. The summed E-state index contributed by atoms with van der Waals surface area (Å²) in [7, 11) is 1.59. The molecule has 30 heavy (non-hydrogen) atoms. The number of rotatable bonds is 7. The number of hydrogen-bond acceptors (Lipinski definition) is 6. The molecule has 0 spiro atoms. The van der Waals surface area contributed by atoms with Gasteiger partial charge in [0, 0.05) is 29.3 Å². The van der Waals surface area contributed by atoms with Crippen molar-refractivity contribution >= 4 is 11.8 Å². The molecule has 0 bridgehead atoms. The molecule has 1 aromatic carbocycles. The van der Waals surface area contributed by atoms with Crippen LogP contribution in [0.3, 0.4) is 0 Å². The lowest BCUT2D eigenvalue weighted by Crippen LogP contribution is -2.35. The van der Waals surface area contributed by atoms with Crippen molar-refractivity contribution in [2.24, 2.45) is 0 Å². The molecule has 162 valence electrons. The van der Waals surface area contributed by atoms with Crippen LogP contribution in [0.25, 0.3) is 0 Å². The first-order valence-electron chi connectivity index (χ1n) is 10.6. The molecule has 1 N–H and O–H groups in total. The molecule has 2 aliphatic rings. The lowest BCUT2D eigenvalue weighted by atomic mass is 9.75. The van der Waals surface area contributed by atoms with E-state index in [4.69, 9.17) is 14.2 Å². The molecule has 1 atom stereocenters. The topological polar surface area (TPSA) is 73.9 Å². The first kappa shape index (κ1) is 21.9. The Morgan fingerprint density at radius 2 is 2.00 bits per heavy atom. The summed E-state index contributed by atoms with van der Waals surface area (Å²) >= 11 is 0. The summed E-state index contributed by atoms with van der Waals surface area (Å²) < 4.78 is 16.9. The molecule has 0 radical (unpaired) electrons. The Bertz CT molecular complexity index is 897. The van der Waals surface area contributed by atoms with Crippen LogP contribution in [0.1, 0.15) is 64.9 Å². The fourth-order valence-corrected chi connectivity index (χ4v) is 4.06. The number of nitrogens with one attached hydrogen (secondary N) is 1. The van der Waals surface area contributed by atoms with Crippen LogP contribution in [0.4, 0.5) is 0 Å². The zero-order chi connectivity index (χ0) is 21.8. The van der Waals surface area contributed by atoms with Crippen molar-refractivity contribution < 1.29 is 23.8 Å². The van der Waals surface area contributed by atoms with E-state index in [1.54, 1.807) is 7.11 Å². The van der Waals surface area contributed by atoms with Gasteiger partial charge in [-0.15, -0.1) is 0 Å². The van der Waals surface area contributed by atoms with Crippen molar-refractivity contribution in [3.05, 3.63) is 46.3 Å². The molecule has 1 aliphatic carbocycles. The van der Waals surface area contributed by atoms with Gasteiger partial charge in [0.2, 0.25) is 0 Å². The van der Waals surface area contributed by atoms with E-state index in [9.17, 15) is 9.59 Å². The van der Waals surface area contributed by atoms with E-state index < -0.39 is 11.9 Å². The molecule has 0 amide bonds. The first-order chi connectivity index (χ1) is 14.4. The van der Waals surface area contributed by atoms with Crippen molar-refractivity contribution in [2.45, 2.75) is 65.4 Å². The summed E-state index contributed by atoms with van der Waals surface area (Å²) in [6, 6.07) is 5.62. The van der Waals surface area contributed by atoms with Gasteiger partial charge in [-0.05, 0) is 57.7 Å². The third-order valence-corrected chi connectivity index (χ3v) is 5.32. The Hall–Kier alpha value is -2.76. The fraction of sp³-hybridized carbons (Fsp3) is 0.500. The number of Topliss-reactive ketones (excluding diaryl/α,β-unsaturated/α-hetero) is 1. The number of benzene rings is 1. The van der Waals surface area contributed by atoms with Crippen LogP contribution in [0.2, 0.25) is 0 Å². The van der Waals surface area contributed by atoms with Crippen molar-refractivity contribution in [2.75, 3.05) is 13.7 Å². The average molecular weight is 414 g/mol. The van der Waals surface area contributed by atoms with Gasteiger partial charge in [-0.3, -0.25) is 4.79 Å². The highest BCUT2D eigenvalue weighted by Crippen LogP contribution is 2.44. The van der Waals surface area contributed by atoms with Gasteiger partial charge in [0.1, 0.15) is 0 Å². The largest absolute Gasteiger partial charge is 0.493 e. The number of hydrogen-bond donors (Lipinski definition) is 1. The molecule has 1 heterocycles. The molecular weight excluding hydrogens is 382 g/mol. The average Bonchev–Trinajstić information content (AvgIpc) is 2.70. The number of methoxy groups -OCH3 is 1. The lowest BCUT2D eigenvalue weighted by Gasteiger charge is -2.34. The number of ketones is 1. The summed E-state index contributed by atoms with van der Waals surface area (Å²) in [5, 5.41) is 3.30. The van der Waals surface area contributed by atoms with Crippen LogP contribution in [-0.2, 0) is 14.3 Å². The predicted molar refractivity (Wildman–Crippen MR) is 114 cm³/mol. The summed E-state index contributed by atoms with van der Waals surface area (Å²) in [6.07, 6.45) is 2.71. The molecule has 0 saturated carbocycles. The Morgan fingerprint density at radius 1 is 1.23 bits per heavy atom. The number of dihydropyridines is 1. The van der Waals surface area contributed by atoms with Crippen LogP contribution in [-0.4, -0.2) is 31.6 Å². The predicted octanol–water partition coefficient (Wildman–Crippen LogP) is 4.40. The number of allylic oxidation sites excluding steroid dienone is 3. The SMILES string of the molecule is CCCOc1ccc([C@H]2C(C(=O)OC(C)C)=C(C)NC3=C2C(=O)CCC3)cc1OC. The maximum absolute atomic E-state index is 13.0. The monoisotopic (exact) mass is 413 g/mol. The van der Waals surface area contributed by atoms with Crippen LogP contribution < -0.4 is 14.8 Å². The first-order valence-corrected chi connectivity index (χ1v) is 10.6. The van der Waals surface area contributed by atoms with E-state index in [1.807, 2.05) is 45.9 Å². The molecule has 3 rings (SSSR count). The smallest absolute Gasteiger partial charge is 0.337 e. The number of esters is 1. The standard InChI is InChI=1S/C24H31NO5/c1-6-12-29-19-11-10-16(13-20(19)28-5)22-21(24(27)30-14(2)3)15(4)25-17-8-7-9-18(26)23(17)22/h10-11,13-14,22,25H,6-9,12H2,1-5H3/t22-/m0/s1. The summed E-state index contributed by atoms with van der Waals surface area (Å²) in [6.45, 7) is 8.13. The Kier molecular flexibility index (Phi) is 6.85. The van der Waals surface area contributed by atoms with Gasteiger partial charge < -0.3 is 19.5 Å². The third kappa shape index (κ3) is 4.37. The fourth-order valence-electron chi connectivity index (χ4n) is 4.06. The highest BCUT2D eigenvalue weighted by Gasteiger charge is 2.39. The van der Waals surface area contributed by atoms with E-state index >= 15 is 0 Å². The molecule has 0 saturated heterocycles. The van der Waals surface area contributed by atoms with Crippen LogP contribution in [0, 0.1) is 0 Å². The molecule has 1 aliphatic heterocycles. The van der Waals surface area contributed by atoms with E-state index in [-0.39, 0.29) is 11.9 Å². The van der Waals surface area contributed by atoms with Crippen LogP contribution >= 0.6 is 0 Å². The van der Waals surface area contributed by atoms with Crippen LogP contribution in [0.5, 0.6) is 11.5 Å². The minimum atomic E-state index is -0.491. The Morgan fingerprint density at radius 3 is 2.67 bits per heavy atom. The van der Waals surface area contributed by atoms with Gasteiger partial charge in [-0.2, -0.15) is 0 Å². The normalized spacial score (nSPS) is 18.9. The van der Waals surface area contributed by atoms with E-state index in [2.05, 4.69) is 5.32 Å². The van der Waals surface area contributed by atoms with Gasteiger partial charge in [0.05, 0.1) is 25.4 Å². The second kappa shape index (κ2) is 9.37. The van der Waals surface area contributed by atoms with Crippen LogP contribution in [0.15, 0.2) is 40.7 Å². The minimum Gasteiger partial charge on any atom is -0.493 e. The van der Waals surface area contributed by atoms with Gasteiger partial charge in [0.25, 0.3) is 0 Å². The molecule has 0 unspecified atom stereocenters. The van der Waals surface area contributed by atoms with E-state index in [0.717, 1.165) is 36.2 Å². The van der Waals surface area contributed by atoms with Gasteiger partial charge in [-0.1, -0.05) is 13.0 Å². The zero-order valence-electron chi connectivity index (χ0n) is 18.5. The second-order valence-corrected chi connectivity index (χ2v) is 7.98. The van der Waals surface area contributed by atoms with Crippen molar-refractivity contribution in [1.29, 1.82) is 0 Å². The summed E-state index contributed by atoms with van der Waals surface area (Å²) in [5.41, 5.74) is 3.58. The Balaban J connectivity index is 2.12. The maximum Gasteiger partial charge on any atom is 0.337 e. The van der Waals surface area contributed by atoms with Crippen molar-refractivity contribution in [3.8, 4) is 11.5 Å². The van der Waals surface area contributed by atoms with Gasteiger partial charge >= 0.3 is 5.97 Å². The zero-order valence-corrected chi connectivity index (χ0v) is 18.5. The van der Waals surface area contributed by atoms with E-state index in [1.165, 1.54) is 0 Å². The molecule has 0 fully saturated rings. The summed E-state index contributed by atoms with van der Waals surface area (Å²) in [4.78, 5) is 26.0. The van der Waals surface area contributed by atoms with Crippen molar-refractivity contribution in [1.82, 2.24) is 5.32 Å². The highest BCUT2D eigenvalue weighted by molar-refractivity contribution is 6.03. The maximum atomic E-state index is 13.0.